The zero-order valence-corrected chi connectivity index (χ0v) is 15.7. The monoisotopic (exact) mass is 380 g/mol. The Morgan fingerprint density at radius 2 is 2.00 bits per heavy atom. The highest BCUT2D eigenvalue weighted by Crippen LogP contribution is 2.38. The molecule has 0 saturated heterocycles. The lowest BCUT2D eigenvalue weighted by atomic mass is 10.3. The molecule has 1 saturated carbocycles. The van der Waals surface area contributed by atoms with Crippen LogP contribution in [0.3, 0.4) is 0 Å². The topological polar surface area (TPSA) is 71.8 Å². The zero-order chi connectivity index (χ0) is 15.6. The van der Waals surface area contributed by atoms with Crippen LogP contribution in [0, 0.1) is 0 Å². The molecule has 0 aliphatic heterocycles. The number of imidazole rings is 1. The molecule has 3 aromatic rings. The van der Waals surface area contributed by atoms with Gasteiger partial charge in [-0.3, -0.25) is 9.98 Å². The number of aromatic nitrogens is 5. The first-order chi connectivity index (χ1) is 11.3. The van der Waals surface area contributed by atoms with Gasteiger partial charge >= 0.3 is 0 Å². The molecule has 134 valence electrons. The molecule has 4 rings (SSSR count). The van der Waals surface area contributed by atoms with Crippen LogP contribution >= 0.6 is 24.8 Å². The second-order valence-corrected chi connectivity index (χ2v) is 6.03. The minimum Gasteiger partial charge on any atom is -0.337 e. The molecule has 25 heavy (non-hydrogen) atoms. The van der Waals surface area contributed by atoms with Crippen LogP contribution in [0.5, 0.6) is 0 Å². The van der Waals surface area contributed by atoms with Crippen LogP contribution in [-0.4, -0.2) is 24.5 Å². The van der Waals surface area contributed by atoms with E-state index < -0.39 is 0 Å². The molecule has 1 fully saturated rings. The van der Waals surface area contributed by atoms with Gasteiger partial charge in [0.15, 0.2) is 11.1 Å². The molecule has 0 bridgehead atoms. The van der Waals surface area contributed by atoms with Crippen LogP contribution in [-0.2, 0) is 13.1 Å². The van der Waals surface area contributed by atoms with E-state index in [0.29, 0.717) is 12.5 Å². The molecule has 3 heterocycles. The highest BCUT2D eigenvalue weighted by Gasteiger charge is 2.27. The van der Waals surface area contributed by atoms with E-state index in [1.54, 1.807) is 12.4 Å². The third kappa shape index (κ3) is 4.19. The van der Waals surface area contributed by atoms with Crippen molar-refractivity contribution in [3.8, 4) is 0 Å². The number of fused-ring (bicyclic) bond motifs is 1. The normalized spacial score (nSPS) is 14.2. The van der Waals surface area contributed by atoms with Crippen molar-refractivity contribution in [2.24, 2.45) is 4.99 Å². The lowest BCUT2D eigenvalue weighted by Crippen LogP contribution is -2.14. The first-order valence-corrected chi connectivity index (χ1v) is 8.19. The van der Waals surface area contributed by atoms with Gasteiger partial charge in [-0.05, 0) is 37.0 Å². The van der Waals surface area contributed by atoms with E-state index in [0.717, 1.165) is 41.0 Å². The van der Waals surface area contributed by atoms with E-state index in [-0.39, 0.29) is 24.8 Å². The Morgan fingerprint density at radius 3 is 2.68 bits per heavy atom. The van der Waals surface area contributed by atoms with Crippen molar-refractivity contribution in [2.75, 3.05) is 0 Å². The Balaban J connectivity index is 0.00000113. The first-order valence-electron chi connectivity index (χ1n) is 8.19. The number of hydrogen-bond acceptors (Lipinski definition) is 4. The number of aryl methyl sites for hydroxylation is 1. The highest BCUT2D eigenvalue weighted by atomic mass is 35.5. The number of H-pyrrole nitrogens is 1. The van der Waals surface area contributed by atoms with Crippen LogP contribution in [0.15, 0.2) is 35.8 Å². The van der Waals surface area contributed by atoms with E-state index in [1.807, 2.05) is 18.5 Å². The van der Waals surface area contributed by atoms with Gasteiger partial charge in [0.2, 0.25) is 0 Å². The second-order valence-electron chi connectivity index (χ2n) is 6.03. The summed E-state index contributed by atoms with van der Waals surface area (Å²) in [6.45, 7) is 3.68. The van der Waals surface area contributed by atoms with Gasteiger partial charge in [-0.1, -0.05) is 6.92 Å². The second kappa shape index (κ2) is 8.45. The smallest absolute Gasteiger partial charge is 0.177 e. The molecule has 0 aromatic carbocycles. The average Bonchev–Trinajstić information content (AvgIpc) is 3.34. The zero-order valence-electron chi connectivity index (χ0n) is 14.1. The van der Waals surface area contributed by atoms with E-state index in [4.69, 9.17) is 4.98 Å². The summed E-state index contributed by atoms with van der Waals surface area (Å²) in [5.41, 5.74) is 3.79. The fourth-order valence-corrected chi connectivity index (χ4v) is 2.72. The van der Waals surface area contributed by atoms with Gasteiger partial charge in [-0.2, -0.15) is 0 Å². The number of nitrogens with one attached hydrogen (secondary N) is 1. The number of aromatic amines is 1. The molecule has 0 spiro atoms. The minimum atomic E-state index is 0. The SMILES string of the molecule is CCCn1cnc(=NCc2ccncc2)c2[nH]c(C3CC3)nc21.Cl.Cl. The number of rotatable bonds is 5. The Hall–Kier alpha value is -1.92. The third-order valence-electron chi connectivity index (χ3n) is 4.11. The van der Waals surface area contributed by atoms with Gasteiger partial charge < -0.3 is 9.55 Å². The molecule has 1 aliphatic rings. The van der Waals surface area contributed by atoms with Crippen molar-refractivity contribution < 1.29 is 0 Å². The number of pyridine rings is 1. The summed E-state index contributed by atoms with van der Waals surface area (Å²) in [4.78, 5) is 21.5. The summed E-state index contributed by atoms with van der Waals surface area (Å²) in [7, 11) is 0. The Morgan fingerprint density at radius 1 is 1.24 bits per heavy atom. The fraction of sp³-hybridized carbons (Fsp3) is 0.412. The van der Waals surface area contributed by atoms with Gasteiger partial charge in [-0.15, -0.1) is 24.8 Å². The maximum Gasteiger partial charge on any atom is 0.177 e. The van der Waals surface area contributed by atoms with Crippen molar-refractivity contribution in [2.45, 2.75) is 45.2 Å². The van der Waals surface area contributed by atoms with Crippen molar-refractivity contribution in [3.63, 3.8) is 0 Å². The molecule has 8 heteroatoms. The molecule has 0 amide bonds. The maximum absolute atomic E-state index is 4.81. The van der Waals surface area contributed by atoms with Gasteiger partial charge in [0.1, 0.15) is 11.3 Å². The predicted molar refractivity (Wildman–Crippen MR) is 102 cm³/mol. The van der Waals surface area contributed by atoms with Gasteiger partial charge in [-0.25, -0.2) is 9.97 Å². The lowest BCUT2D eigenvalue weighted by molar-refractivity contribution is 0.675. The Bertz CT molecular complexity index is 883. The van der Waals surface area contributed by atoms with Gasteiger partial charge in [0.05, 0.1) is 12.9 Å². The van der Waals surface area contributed by atoms with E-state index >= 15 is 0 Å². The number of nitrogens with zero attached hydrogens (tertiary/aromatic N) is 5. The van der Waals surface area contributed by atoms with E-state index in [1.165, 1.54) is 12.8 Å². The Kier molecular flexibility index (Phi) is 6.56. The van der Waals surface area contributed by atoms with Crippen molar-refractivity contribution in [3.05, 3.63) is 47.7 Å². The highest BCUT2D eigenvalue weighted by molar-refractivity contribution is 5.85. The molecule has 0 radical (unpaired) electrons. The van der Waals surface area contributed by atoms with Crippen molar-refractivity contribution in [1.82, 2.24) is 24.5 Å². The van der Waals surface area contributed by atoms with Crippen molar-refractivity contribution >= 4 is 36.0 Å². The molecule has 1 N–H and O–H groups in total. The molecule has 0 unspecified atom stereocenters. The molecule has 1 aliphatic carbocycles. The average molecular weight is 381 g/mol. The lowest BCUT2D eigenvalue weighted by Gasteiger charge is -2.04. The fourth-order valence-electron chi connectivity index (χ4n) is 2.72. The van der Waals surface area contributed by atoms with Crippen LogP contribution < -0.4 is 5.49 Å². The van der Waals surface area contributed by atoms with Crippen LogP contribution in [0.1, 0.15) is 43.5 Å². The van der Waals surface area contributed by atoms with Crippen molar-refractivity contribution in [1.29, 1.82) is 0 Å². The molecular weight excluding hydrogens is 359 g/mol. The third-order valence-corrected chi connectivity index (χ3v) is 4.11. The number of halogens is 2. The summed E-state index contributed by atoms with van der Waals surface area (Å²) in [6, 6.07) is 3.95. The molecule has 3 aromatic heterocycles. The maximum atomic E-state index is 4.81. The summed E-state index contributed by atoms with van der Waals surface area (Å²) < 4.78 is 2.11. The molecule has 0 atom stereocenters. The summed E-state index contributed by atoms with van der Waals surface area (Å²) in [5, 5.41) is 0. The van der Waals surface area contributed by atoms with Crippen LogP contribution in [0.25, 0.3) is 11.2 Å². The molecular formula is C17H22Cl2N6. The summed E-state index contributed by atoms with van der Waals surface area (Å²) in [6.07, 6.45) is 8.94. The predicted octanol–water partition coefficient (Wildman–Crippen LogP) is 3.39. The standard InChI is InChI=1S/C17H20N6.2ClH/c1-2-9-23-11-20-16(19-10-12-5-7-18-8-6-12)14-17(23)22-15(21-14)13-3-4-13;;/h5-8,11,13H,2-4,9-10H2,1H3,(H,21,22);2*1H. The molecule has 6 nitrogen and oxygen atoms in total. The Labute approximate surface area is 158 Å². The van der Waals surface area contributed by atoms with Crippen LogP contribution in [0.4, 0.5) is 0 Å². The largest absolute Gasteiger partial charge is 0.337 e. The van der Waals surface area contributed by atoms with E-state index in [2.05, 4.69) is 31.4 Å². The summed E-state index contributed by atoms with van der Waals surface area (Å²) in [5.74, 6) is 1.67. The van der Waals surface area contributed by atoms with Crippen LogP contribution in [0.2, 0.25) is 0 Å². The number of hydrogen-bond donors (Lipinski definition) is 1. The van der Waals surface area contributed by atoms with E-state index in [9.17, 15) is 0 Å². The first kappa shape index (κ1) is 19.4. The quantitative estimate of drug-likeness (QED) is 0.737. The summed E-state index contributed by atoms with van der Waals surface area (Å²) >= 11 is 0. The minimum absolute atomic E-state index is 0. The van der Waals surface area contributed by atoms with Gasteiger partial charge in [0, 0.05) is 24.9 Å². The van der Waals surface area contributed by atoms with Gasteiger partial charge in [0.25, 0.3) is 0 Å².